The molecule has 0 bridgehead atoms. The Morgan fingerprint density at radius 1 is 1.06 bits per heavy atom. The molecule has 4 rings (SSSR count). The number of nitrogens with one attached hydrogen (secondary N) is 1. The Balaban J connectivity index is 1.36. The molecule has 1 aromatic carbocycles. The van der Waals surface area contributed by atoms with Gasteiger partial charge in [-0.05, 0) is 42.8 Å². The van der Waals surface area contributed by atoms with Gasteiger partial charge < -0.3 is 15.1 Å². The molecule has 1 N–H and O–H groups in total. The summed E-state index contributed by atoms with van der Waals surface area (Å²) in [5, 5.41) is 3.73. The third-order valence-electron chi connectivity index (χ3n) is 5.70. The molecule has 172 valence electrons. The smallest absolute Gasteiger partial charge is 0.251 e. The van der Waals surface area contributed by atoms with Crippen LogP contribution in [-0.2, 0) is 12.3 Å². The summed E-state index contributed by atoms with van der Waals surface area (Å²) in [4.78, 5) is 30.9. The van der Waals surface area contributed by atoms with Crippen LogP contribution in [0.4, 0.5) is 5.82 Å². The lowest BCUT2D eigenvalue weighted by Gasteiger charge is -2.34. The van der Waals surface area contributed by atoms with Crippen molar-refractivity contribution in [2.45, 2.75) is 31.3 Å². The minimum Gasteiger partial charge on any atom is -0.354 e. The van der Waals surface area contributed by atoms with Crippen LogP contribution in [0.3, 0.4) is 0 Å². The van der Waals surface area contributed by atoms with E-state index in [0.29, 0.717) is 17.9 Å². The Hall–Kier alpha value is -2.97. The van der Waals surface area contributed by atoms with E-state index in [0.717, 1.165) is 60.5 Å². The van der Waals surface area contributed by atoms with Crippen molar-refractivity contribution in [3.8, 4) is 0 Å². The molecule has 0 saturated carbocycles. The standard InChI is InChI=1S/C25H30N6OS/c1-3-30-10-12-31(13-11-30)23-14-19(2)28-25(29-23)33-18-20-6-4-8-22(15-20)24(32)27-17-21-7-5-9-26-16-21/h4-9,14-16H,3,10-13,17-18H2,1-2H3,(H,27,32). The zero-order chi connectivity index (χ0) is 23.0. The van der Waals surface area contributed by atoms with Gasteiger partial charge in [0, 0.05) is 68.2 Å². The number of hydrogen-bond acceptors (Lipinski definition) is 7. The predicted molar refractivity (Wildman–Crippen MR) is 133 cm³/mol. The number of likely N-dealkylation sites (N-methyl/N-ethyl adjacent to an activating group) is 1. The molecule has 7 nitrogen and oxygen atoms in total. The average molecular weight is 463 g/mol. The number of carbonyl (C=O) groups is 1. The van der Waals surface area contributed by atoms with Crippen molar-refractivity contribution in [3.63, 3.8) is 0 Å². The van der Waals surface area contributed by atoms with Crippen LogP contribution in [-0.4, -0.2) is 58.5 Å². The van der Waals surface area contributed by atoms with E-state index in [1.165, 1.54) is 0 Å². The van der Waals surface area contributed by atoms with E-state index in [9.17, 15) is 4.79 Å². The number of pyridine rings is 1. The van der Waals surface area contributed by atoms with Crippen LogP contribution in [0.25, 0.3) is 0 Å². The summed E-state index contributed by atoms with van der Waals surface area (Å²) in [6, 6.07) is 13.6. The van der Waals surface area contributed by atoms with Crippen molar-refractivity contribution in [2.24, 2.45) is 0 Å². The second kappa shape index (κ2) is 11.2. The van der Waals surface area contributed by atoms with Gasteiger partial charge in [0.15, 0.2) is 5.16 Å². The molecule has 0 aliphatic carbocycles. The number of rotatable bonds is 8. The summed E-state index contributed by atoms with van der Waals surface area (Å²) in [5.74, 6) is 1.62. The van der Waals surface area contributed by atoms with Gasteiger partial charge in [0.2, 0.25) is 0 Å². The molecule has 1 aliphatic rings. The van der Waals surface area contributed by atoms with Crippen LogP contribution in [0.1, 0.15) is 34.1 Å². The Morgan fingerprint density at radius 3 is 2.64 bits per heavy atom. The summed E-state index contributed by atoms with van der Waals surface area (Å²) in [6.07, 6.45) is 3.48. The van der Waals surface area contributed by atoms with Crippen LogP contribution in [0, 0.1) is 6.92 Å². The van der Waals surface area contributed by atoms with Gasteiger partial charge >= 0.3 is 0 Å². The number of benzene rings is 1. The molecule has 1 amide bonds. The van der Waals surface area contributed by atoms with E-state index >= 15 is 0 Å². The summed E-state index contributed by atoms with van der Waals surface area (Å²) in [5.41, 5.74) is 3.67. The number of aryl methyl sites for hydroxylation is 1. The van der Waals surface area contributed by atoms with Crippen LogP contribution >= 0.6 is 11.8 Å². The number of piperazine rings is 1. The minimum atomic E-state index is -0.0917. The minimum absolute atomic E-state index is 0.0917. The molecular weight excluding hydrogens is 432 g/mol. The maximum atomic E-state index is 12.6. The Labute approximate surface area is 199 Å². The largest absolute Gasteiger partial charge is 0.354 e. The lowest BCUT2D eigenvalue weighted by atomic mass is 10.1. The first-order chi connectivity index (χ1) is 16.1. The molecule has 33 heavy (non-hydrogen) atoms. The molecule has 3 heterocycles. The zero-order valence-electron chi connectivity index (χ0n) is 19.2. The molecule has 2 aromatic heterocycles. The molecule has 8 heteroatoms. The van der Waals surface area contributed by atoms with E-state index < -0.39 is 0 Å². The van der Waals surface area contributed by atoms with Crippen molar-refractivity contribution in [1.29, 1.82) is 0 Å². The lowest BCUT2D eigenvalue weighted by Crippen LogP contribution is -2.46. The highest BCUT2D eigenvalue weighted by atomic mass is 32.2. The van der Waals surface area contributed by atoms with Crippen molar-refractivity contribution in [1.82, 2.24) is 25.2 Å². The quantitative estimate of drug-likeness (QED) is 0.405. The molecule has 1 saturated heterocycles. The topological polar surface area (TPSA) is 74.2 Å². The molecule has 1 aliphatic heterocycles. The van der Waals surface area contributed by atoms with E-state index in [-0.39, 0.29) is 5.91 Å². The van der Waals surface area contributed by atoms with Crippen LogP contribution < -0.4 is 10.2 Å². The van der Waals surface area contributed by atoms with Gasteiger partial charge in [0.1, 0.15) is 5.82 Å². The SMILES string of the molecule is CCN1CCN(c2cc(C)nc(SCc3cccc(C(=O)NCc4cccnc4)c3)n2)CC1. The third-order valence-corrected chi connectivity index (χ3v) is 6.62. The summed E-state index contributed by atoms with van der Waals surface area (Å²) in [7, 11) is 0. The zero-order valence-corrected chi connectivity index (χ0v) is 20.0. The lowest BCUT2D eigenvalue weighted by molar-refractivity contribution is 0.0951. The Morgan fingerprint density at radius 2 is 1.88 bits per heavy atom. The monoisotopic (exact) mass is 462 g/mol. The molecule has 0 spiro atoms. The first kappa shape index (κ1) is 23.2. The maximum absolute atomic E-state index is 12.6. The van der Waals surface area contributed by atoms with Gasteiger partial charge in [-0.25, -0.2) is 9.97 Å². The van der Waals surface area contributed by atoms with Crippen molar-refractivity contribution in [3.05, 3.63) is 77.2 Å². The Bertz CT molecular complexity index is 1070. The van der Waals surface area contributed by atoms with Gasteiger partial charge in [-0.2, -0.15) is 0 Å². The first-order valence-electron chi connectivity index (χ1n) is 11.3. The van der Waals surface area contributed by atoms with E-state index in [4.69, 9.17) is 4.98 Å². The van der Waals surface area contributed by atoms with Crippen molar-refractivity contribution >= 4 is 23.5 Å². The number of hydrogen-bond donors (Lipinski definition) is 1. The van der Waals surface area contributed by atoms with Crippen molar-refractivity contribution < 1.29 is 4.79 Å². The fraction of sp³-hybridized carbons (Fsp3) is 0.360. The molecular formula is C25H30N6OS. The summed E-state index contributed by atoms with van der Waals surface area (Å²) in [6.45, 7) is 9.89. The second-order valence-corrected chi connectivity index (χ2v) is 9.05. The predicted octanol–water partition coefficient (Wildman–Crippen LogP) is 3.54. The number of amides is 1. The summed E-state index contributed by atoms with van der Waals surface area (Å²) >= 11 is 1.60. The molecule has 1 fully saturated rings. The van der Waals surface area contributed by atoms with E-state index in [1.54, 1.807) is 24.2 Å². The van der Waals surface area contributed by atoms with Crippen molar-refractivity contribution in [2.75, 3.05) is 37.6 Å². The van der Waals surface area contributed by atoms with Gasteiger partial charge in [-0.15, -0.1) is 0 Å². The molecule has 0 atom stereocenters. The molecule has 0 radical (unpaired) electrons. The highest BCUT2D eigenvalue weighted by Crippen LogP contribution is 2.24. The number of thioether (sulfide) groups is 1. The van der Waals surface area contributed by atoms with Gasteiger partial charge in [-0.3, -0.25) is 9.78 Å². The summed E-state index contributed by atoms with van der Waals surface area (Å²) < 4.78 is 0. The second-order valence-electron chi connectivity index (χ2n) is 8.10. The normalized spacial score (nSPS) is 14.3. The number of anilines is 1. The highest BCUT2D eigenvalue weighted by molar-refractivity contribution is 7.98. The van der Waals surface area contributed by atoms with Crippen LogP contribution in [0.15, 0.2) is 60.0 Å². The fourth-order valence-corrected chi connectivity index (χ4v) is 4.62. The van der Waals surface area contributed by atoms with E-state index in [1.807, 2.05) is 43.3 Å². The number of carbonyl (C=O) groups excluding carboxylic acids is 1. The number of aromatic nitrogens is 3. The van der Waals surface area contributed by atoms with Crippen LogP contribution in [0.5, 0.6) is 0 Å². The fourth-order valence-electron chi connectivity index (χ4n) is 3.78. The van der Waals surface area contributed by atoms with Gasteiger partial charge in [0.05, 0.1) is 0 Å². The van der Waals surface area contributed by atoms with Gasteiger partial charge in [-0.1, -0.05) is 36.9 Å². The maximum Gasteiger partial charge on any atom is 0.251 e. The first-order valence-corrected chi connectivity index (χ1v) is 12.3. The average Bonchev–Trinajstić information content (AvgIpc) is 2.86. The Kier molecular flexibility index (Phi) is 7.91. The van der Waals surface area contributed by atoms with Crippen LogP contribution in [0.2, 0.25) is 0 Å². The molecule has 0 unspecified atom stereocenters. The van der Waals surface area contributed by atoms with E-state index in [2.05, 4.69) is 38.1 Å². The highest BCUT2D eigenvalue weighted by Gasteiger charge is 2.18. The van der Waals surface area contributed by atoms with Gasteiger partial charge in [0.25, 0.3) is 5.91 Å². The third kappa shape index (κ3) is 6.52. The molecule has 3 aromatic rings. The number of nitrogens with zero attached hydrogens (tertiary/aromatic N) is 5.